The van der Waals surface area contributed by atoms with Crippen LogP contribution in [0.5, 0.6) is 0 Å². The fourth-order valence-corrected chi connectivity index (χ4v) is 2.34. The van der Waals surface area contributed by atoms with Gasteiger partial charge in [-0.1, -0.05) is 60.7 Å². The van der Waals surface area contributed by atoms with Crippen LogP contribution >= 0.6 is 0 Å². The number of hydrogen-bond donors (Lipinski definition) is 2. The first-order valence-corrected chi connectivity index (χ1v) is 6.46. The zero-order valence-electron chi connectivity index (χ0n) is 10.7. The molecule has 2 unspecified atom stereocenters. The first-order chi connectivity index (χ1) is 9.77. The summed E-state index contributed by atoms with van der Waals surface area (Å²) in [6.45, 7) is 0. The number of Topliss-reactive ketones (excluding diaryl/α,β-unsaturated/α-hetero) is 2. The van der Waals surface area contributed by atoms with E-state index < -0.39 is 23.7 Å². The Hall–Kier alpha value is -2.30. The Morgan fingerprint density at radius 2 is 0.950 bits per heavy atom. The van der Waals surface area contributed by atoms with Crippen molar-refractivity contribution in [3.63, 3.8) is 0 Å². The van der Waals surface area contributed by atoms with Crippen LogP contribution in [0.3, 0.4) is 0 Å². The SMILES string of the molecule is O=C1C(=O)C(c2ccccc2)NNC1c1ccccc1. The van der Waals surface area contributed by atoms with Gasteiger partial charge >= 0.3 is 0 Å². The van der Waals surface area contributed by atoms with Crippen LogP contribution in [0.2, 0.25) is 0 Å². The summed E-state index contributed by atoms with van der Waals surface area (Å²) < 4.78 is 0. The molecule has 1 saturated heterocycles. The summed E-state index contributed by atoms with van der Waals surface area (Å²) in [7, 11) is 0. The van der Waals surface area contributed by atoms with E-state index in [1.165, 1.54) is 0 Å². The highest BCUT2D eigenvalue weighted by molar-refractivity contribution is 6.41. The van der Waals surface area contributed by atoms with E-state index >= 15 is 0 Å². The standard InChI is InChI=1S/C16H14N2O2/c19-15-13(11-7-3-1-4-8-11)17-18-14(16(15)20)12-9-5-2-6-10-12/h1-10,13-14,17-18H. The maximum atomic E-state index is 12.3. The zero-order chi connectivity index (χ0) is 13.9. The van der Waals surface area contributed by atoms with Crippen molar-refractivity contribution < 1.29 is 9.59 Å². The van der Waals surface area contributed by atoms with Crippen molar-refractivity contribution in [1.29, 1.82) is 0 Å². The third-order valence-electron chi connectivity index (χ3n) is 3.41. The van der Waals surface area contributed by atoms with Crippen LogP contribution in [-0.4, -0.2) is 11.6 Å². The number of rotatable bonds is 2. The summed E-state index contributed by atoms with van der Waals surface area (Å²) in [6.07, 6.45) is 0. The molecule has 20 heavy (non-hydrogen) atoms. The lowest BCUT2D eigenvalue weighted by Crippen LogP contribution is -2.53. The van der Waals surface area contributed by atoms with Gasteiger partial charge in [0.15, 0.2) is 0 Å². The highest BCUT2D eigenvalue weighted by Gasteiger charge is 2.37. The molecule has 2 N–H and O–H groups in total. The third kappa shape index (κ3) is 2.27. The lowest BCUT2D eigenvalue weighted by Gasteiger charge is -2.29. The summed E-state index contributed by atoms with van der Waals surface area (Å²) in [5, 5.41) is 0. The van der Waals surface area contributed by atoms with E-state index in [1.807, 2.05) is 60.7 Å². The topological polar surface area (TPSA) is 58.2 Å². The molecule has 2 aromatic carbocycles. The van der Waals surface area contributed by atoms with Crippen molar-refractivity contribution in [1.82, 2.24) is 10.9 Å². The summed E-state index contributed by atoms with van der Waals surface area (Å²) in [5.74, 6) is -0.826. The molecule has 0 bridgehead atoms. The van der Waals surface area contributed by atoms with Crippen molar-refractivity contribution in [2.24, 2.45) is 0 Å². The Kier molecular flexibility index (Phi) is 3.41. The number of ketones is 2. The number of carbonyl (C=O) groups excluding carboxylic acids is 2. The summed E-state index contributed by atoms with van der Waals surface area (Å²) in [6, 6.07) is 17.2. The molecule has 1 fully saturated rings. The minimum absolute atomic E-state index is 0.413. The van der Waals surface area contributed by atoms with Crippen LogP contribution in [-0.2, 0) is 9.59 Å². The lowest BCUT2D eigenvalue weighted by atomic mass is 9.92. The summed E-state index contributed by atoms with van der Waals surface area (Å²) >= 11 is 0. The molecular weight excluding hydrogens is 252 g/mol. The molecule has 2 atom stereocenters. The normalized spacial score (nSPS) is 22.8. The van der Waals surface area contributed by atoms with Crippen LogP contribution < -0.4 is 10.9 Å². The predicted molar refractivity (Wildman–Crippen MR) is 74.7 cm³/mol. The number of carbonyl (C=O) groups is 2. The van der Waals surface area contributed by atoms with Gasteiger partial charge in [0.1, 0.15) is 12.1 Å². The fourth-order valence-electron chi connectivity index (χ4n) is 2.34. The van der Waals surface area contributed by atoms with E-state index in [9.17, 15) is 9.59 Å². The smallest absolute Gasteiger partial charge is 0.223 e. The molecule has 0 aromatic heterocycles. The van der Waals surface area contributed by atoms with E-state index in [1.54, 1.807) is 0 Å². The van der Waals surface area contributed by atoms with Gasteiger partial charge in [-0.05, 0) is 11.1 Å². The molecule has 100 valence electrons. The van der Waals surface area contributed by atoms with E-state index in [0.717, 1.165) is 11.1 Å². The van der Waals surface area contributed by atoms with Crippen LogP contribution in [0.25, 0.3) is 0 Å². The van der Waals surface area contributed by atoms with E-state index in [4.69, 9.17) is 0 Å². The van der Waals surface area contributed by atoms with Gasteiger partial charge in [-0.15, -0.1) is 0 Å². The average Bonchev–Trinajstić information content (AvgIpc) is 2.52. The molecule has 4 heteroatoms. The molecule has 1 aliphatic heterocycles. The molecule has 1 heterocycles. The molecule has 0 radical (unpaired) electrons. The quantitative estimate of drug-likeness (QED) is 0.813. The minimum Gasteiger partial charge on any atom is -0.289 e. The summed E-state index contributed by atoms with van der Waals surface area (Å²) in [4.78, 5) is 24.5. The predicted octanol–water partition coefficient (Wildman–Crippen LogP) is 1.71. The number of benzene rings is 2. The van der Waals surface area contributed by atoms with Crippen molar-refractivity contribution >= 4 is 11.6 Å². The maximum Gasteiger partial charge on any atom is 0.223 e. The molecule has 0 saturated carbocycles. The van der Waals surface area contributed by atoms with Gasteiger partial charge in [-0.25, -0.2) is 10.9 Å². The van der Waals surface area contributed by atoms with Gasteiger partial charge in [0.05, 0.1) is 0 Å². The zero-order valence-corrected chi connectivity index (χ0v) is 10.7. The Balaban J connectivity index is 1.85. The average molecular weight is 266 g/mol. The highest BCUT2D eigenvalue weighted by atomic mass is 16.2. The van der Waals surface area contributed by atoms with Crippen molar-refractivity contribution in [2.45, 2.75) is 12.1 Å². The van der Waals surface area contributed by atoms with Gasteiger partial charge in [0.25, 0.3) is 0 Å². The van der Waals surface area contributed by atoms with Crippen molar-refractivity contribution in [3.05, 3.63) is 71.8 Å². The molecule has 2 aromatic rings. The molecule has 0 aliphatic carbocycles. The van der Waals surface area contributed by atoms with Crippen molar-refractivity contribution in [3.8, 4) is 0 Å². The Bertz CT molecular complexity index is 568. The third-order valence-corrected chi connectivity index (χ3v) is 3.41. The second-order valence-electron chi connectivity index (χ2n) is 4.70. The van der Waals surface area contributed by atoms with Gasteiger partial charge in [0.2, 0.25) is 11.6 Å². The molecule has 4 nitrogen and oxygen atoms in total. The van der Waals surface area contributed by atoms with Crippen LogP contribution in [0.1, 0.15) is 23.2 Å². The lowest BCUT2D eigenvalue weighted by molar-refractivity contribution is -0.142. The van der Waals surface area contributed by atoms with Crippen LogP contribution in [0, 0.1) is 0 Å². The number of nitrogens with one attached hydrogen (secondary N) is 2. The van der Waals surface area contributed by atoms with Gasteiger partial charge in [0, 0.05) is 0 Å². The number of hydrogen-bond acceptors (Lipinski definition) is 4. The molecular formula is C16H14N2O2. The van der Waals surface area contributed by atoms with Crippen molar-refractivity contribution in [2.75, 3.05) is 0 Å². The largest absolute Gasteiger partial charge is 0.289 e. The Labute approximate surface area is 116 Å². The minimum atomic E-state index is -0.622. The van der Waals surface area contributed by atoms with Crippen LogP contribution in [0.4, 0.5) is 0 Å². The Morgan fingerprint density at radius 1 is 0.600 bits per heavy atom. The van der Waals surface area contributed by atoms with E-state index in [2.05, 4.69) is 10.9 Å². The first kappa shape index (κ1) is 12.7. The second-order valence-corrected chi connectivity index (χ2v) is 4.70. The van der Waals surface area contributed by atoms with Gasteiger partial charge in [-0.2, -0.15) is 0 Å². The maximum absolute atomic E-state index is 12.3. The van der Waals surface area contributed by atoms with Crippen LogP contribution in [0.15, 0.2) is 60.7 Å². The highest BCUT2D eigenvalue weighted by Crippen LogP contribution is 2.23. The van der Waals surface area contributed by atoms with E-state index in [0.29, 0.717) is 0 Å². The summed E-state index contributed by atoms with van der Waals surface area (Å²) in [5.41, 5.74) is 7.45. The molecule has 0 amide bonds. The van der Waals surface area contributed by atoms with E-state index in [-0.39, 0.29) is 0 Å². The second kappa shape index (κ2) is 5.36. The Morgan fingerprint density at radius 3 is 1.30 bits per heavy atom. The van der Waals surface area contributed by atoms with Gasteiger partial charge in [-0.3, -0.25) is 9.59 Å². The molecule has 0 spiro atoms. The number of hydrazine groups is 1. The molecule has 1 aliphatic rings. The molecule has 3 rings (SSSR count). The van der Waals surface area contributed by atoms with Gasteiger partial charge < -0.3 is 0 Å². The monoisotopic (exact) mass is 266 g/mol. The first-order valence-electron chi connectivity index (χ1n) is 6.46. The fraction of sp³-hybridized carbons (Fsp3) is 0.125.